The fraction of sp³-hybridized carbons (Fsp3) is 0.467. The summed E-state index contributed by atoms with van der Waals surface area (Å²) >= 11 is 6.04. The van der Waals surface area contributed by atoms with E-state index in [1.54, 1.807) is 14.1 Å². The number of nitrogens with zero attached hydrogens (tertiary/aromatic N) is 2. The zero-order chi connectivity index (χ0) is 18.6. The average molecular weight is 390 g/mol. The van der Waals surface area contributed by atoms with Crippen LogP contribution in [-0.2, 0) is 19.6 Å². The van der Waals surface area contributed by atoms with Gasteiger partial charge >= 0.3 is 0 Å². The number of hydrogen-bond donors (Lipinski definition) is 1. The average Bonchev–Trinajstić information content (AvgIpc) is 2.60. The van der Waals surface area contributed by atoms with Crippen molar-refractivity contribution in [2.24, 2.45) is 0 Å². The van der Waals surface area contributed by atoms with Crippen molar-refractivity contribution in [2.75, 3.05) is 46.9 Å². The van der Waals surface area contributed by atoms with Crippen molar-refractivity contribution in [1.29, 1.82) is 0 Å². The molecule has 1 aliphatic heterocycles. The van der Waals surface area contributed by atoms with E-state index in [0.717, 1.165) is 0 Å². The molecule has 0 bridgehead atoms. The molecule has 0 saturated carbocycles. The van der Waals surface area contributed by atoms with Crippen molar-refractivity contribution in [3.63, 3.8) is 0 Å². The van der Waals surface area contributed by atoms with Gasteiger partial charge in [0, 0.05) is 32.7 Å². The molecule has 1 aliphatic rings. The number of halogens is 1. The number of rotatable bonds is 5. The lowest BCUT2D eigenvalue weighted by atomic mass is 10.2. The Labute approximate surface area is 151 Å². The van der Waals surface area contributed by atoms with Crippen molar-refractivity contribution in [3.8, 4) is 0 Å². The number of likely N-dealkylation sites (N-methyl/N-ethyl adjacent to an activating group) is 1. The van der Waals surface area contributed by atoms with Gasteiger partial charge in [0.2, 0.25) is 15.9 Å². The highest BCUT2D eigenvalue weighted by Gasteiger charge is 2.29. The SMILES string of the molecule is CN(C)C(=O)CNC(=O)c1ccc(Cl)c(S(=O)(=O)N2CCOCC2)c1. The summed E-state index contributed by atoms with van der Waals surface area (Å²) in [5.74, 6) is -0.825. The standard InChI is InChI=1S/C15H20ClN3O5S/c1-18(2)14(20)10-17-15(21)11-3-4-12(16)13(9-11)25(22,23)19-5-7-24-8-6-19/h3-4,9H,5-8,10H2,1-2H3,(H,17,21). The van der Waals surface area contributed by atoms with Gasteiger partial charge in [-0.2, -0.15) is 4.31 Å². The maximum atomic E-state index is 12.7. The summed E-state index contributed by atoms with van der Waals surface area (Å²) in [6.45, 7) is 0.895. The minimum atomic E-state index is -3.83. The molecule has 0 radical (unpaired) electrons. The molecule has 0 aliphatic carbocycles. The molecule has 25 heavy (non-hydrogen) atoms. The maximum Gasteiger partial charge on any atom is 0.251 e. The topological polar surface area (TPSA) is 96.0 Å². The molecule has 2 rings (SSSR count). The van der Waals surface area contributed by atoms with Crippen LogP contribution in [0.15, 0.2) is 23.1 Å². The van der Waals surface area contributed by atoms with Gasteiger partial charge in [-0.3, -0.25) is 9.59 Å². The Morgan fingerprint density at radius 3 is 2.52 bits per heavy atom. The molecule has 0 unspecified atom stereocenters. The first-order valence-electron chi connectivity index (χ1n) is 7.59. The number of carbonyl (C=O) groups excluding carboxylic acids is 2. The molecular formula is C15H20ClN3O5S. The van der Waals surface area contributed by atoms with Crippen LogP contribution >= 0.6 is 11.6 Å². The molecule has 0 spiro atoms. The van der Waals surface area contributed by atoms with Crippen LogP contribution in [0, 0.1) is 0 Å². The second kappa shape index (κ2) is 8.13. The summed E-state index contributed by atoms with van der Waals surface area (Å²) in [4.78, 5) is 24.9. The molecule has 138 valence electrons. The van der Waals surface area contributed by atoms with Gasteiger partial charge in [0.25, 0.3) is 5.91 Å². The van der Waals surface area contributed by atoms with Crippen molar-refractivity contribution in [1.82, 2.24) is 14.5 Å². The minimum absolute atomic E-state index is 0.0346. The molecule has 0 atom stereocenters. The highest BCUT2D eigenvalue weighted by Crippen LogP contribution is 2.26. The third-order valence-electron chi connectivity index (χ3n) is 3.68. The predicted octanol–water partition coefficient (Wildman–Crippen LogP) is 0.179. The third kappa shape index (κ3) is 4.69. The fourth-order valence-corrected chi connectivity index (χ4v) is 4.09. The Hall–Kier alpha value is -1.68. The summed E-state index contributed by atoms with van der Waals surface area (Å²) in [7, 11) is -0.681. The van der Waals surface area contributed by atoms with Gasteiger partial charge in [0.05, 0.1) is 24.8 Å². The van der Waals surface area contributed by atoms with E-state index < -0.39 is 15.9 Å². The van der Waals surface area contributed by atoms with Crippen molar-refractivity contribution in [2.45, 2.75) is 4.90 Å². The Kier molecular flexibility index (Phi) is 6.39. The monoisotopic (exact) mass is 389 g/mol. The van der Waals surface area contributed by atoms with Crippen LogP contribution in [0.2, 0.25) is 5.02 Å². The van der Waals surface area contributed by atoms with Crippen LogP contribution in [0.1, 0.15) is 10.4 Å². The first kappa shape index (κ1) is 19.6. The summed E-state index contributed by atoms with van der Waals surface area (Å²) < 4.78 is 31.9. The highest BCUT2D eigenvalue weighted by atomic mass is 35.5. The quantitative estimate of drug-likeness (QED) is 0.775. The Morgan fingerprint density at radius 2 is 1.92 bits per heavy atom. The Balaban J connectivity index is 2.22. The van der Waals surface area contributed by atoms with Crippen LogP contribution in [0.25, 0.3) is 0 Å². The van der Waals surface area contributed by atoms with Gasteiger partial charge in [-0.1, -0.05) is 11.6 Å². The lowest BCUT2D eigenvalue weighted by molar-refractivity contribution is -0.127. The number of benzene rings is 1. The smallest absolute Gasteiger partial charge is 0.251 e. The molecule has 1 N–H and O–H groups in total. The van der Waals surface area contributed by atoms with Crippen LogP contribution in [0.5, 0.6) is 0 Å². The largest absolute Gasteiger partial charge is 0.379 e. The van der Waals surface area contributed by atoms with Crippen molar-refractivity contribution < 1.29 is 22.7 Å². The van der Waals surface area contributed by atoms with E-state index in [-0.39, 0.29) is 41.0 Å². The lowest BCUT2D eigenvalue weighted by Crippen LogP contribution is -2.40. The zero-order valence-corrected chi connectivity index (χ0v) is 15.6. The van der Waals surface area contributed by atoms with E-state index >= 15 is 0 Å². The maximum absolute atomic E-state index is 12.7. The third-order valence-corrected chi connectivity index (χ3v) is 6.06. The summed E-state index contributed by atoms with van der Waals surface area (Å²) in [6, 6.07) is 4.00. The van der Waals surface area contributed by atoms with Crippen LogP contribution < -0.4 is 5.32 Å². The van der Waals surface area contributed by atoms with Gasteiger partial charge in [-0.25, -0.2) is 8.42 Å². The van der Waals surface area contributed by atoms with E-state index in [9.17, 15) is 18.0 Å². The molecule has 1 aromatic carbocycles. The Bertz CT molecular complexity index is 760. The van der Waals surface area contributed by atoms with Crippen molar-refractivity contribution in [3.05, 3.63) is 28.8 Å². The van der Waals surface area contributed by atoms with E-state index in [1.807, 2.05) is 0 Å². The number of morpholine rings is 1. The van der Waals surface area contributed by atoms with Gasteiger partial charge < -0.3 is 15.0 Å². The van der Waals surface area contributed by atoms with Gasteiger partial charge in [-0.15, -0.1) is 0 Å². The first-order valence-corrected chi connectivity index (χ1v) is 9.41. The molecule has 10 heteroatoms. The number of carbonyl (C=O) groups is 2. The molecule has 0 aromatic heterocycles. The number of amides is 2. The molecule has 1 aromatic rings. The zero-order valence-electron chi connectivity index (χ0n) is 14.0. The summed E-state index contributed by atoms with van der Waals surface area (Å²) in [5.41, 5.74) is 0.114. The molecule has 8 nitrogen and oxygen atoms in total. The minimum Gasteiger partial charge on any atom is -0.379 e. The highest BCUT2D eigenvalue weighted by molar-refractivity contribution is 7.89. The molecular weight excluding hydrogens is 370 g/mol. The second-order valence-corrected chi connectivity index (χ2v) is 7.95. The Morgan fingerprint density at radius 1 is 1.28 bits per heavy atom. The molecule has 1 heterocycles. The lowest BCUT2D eigenvalue weighted by Gasteiger charge is -2.26. The predicted molar refractivity (Wildman–Crippen MR) is 92.1 cm³/mol. The fourth-order valence-electron chi connectivity index (χ4n) is 2.18. The molecule has 1 fully saturated rings. The van der Waals surface area contributed by atoms with Gasteiger partial charge in [-0.05, 0) is 18.2 Å². The summed E-state index contributed by atoms with van der Waals surface area (Å²) in [6.07, 6.45) is 0. The van der Waals surface area contributed by atoms with Gasteiger partial charge in [0.1, 0.15) is 4.90 Å². The second-order valence-electron chi connectivity index (χ2n) is 5.63. The molecule has 2 amide bonds. The summed E-state index contributed by atoms with van der Waals surface area (Å²) in [5, 5.41) is 2.49. The van der Waals surface area contributed by atoms with E-state index in [2.05, 4.69) is 5.32 Å². The van der Waals surface area contributed by atoms with E-state index in [4.69, 9.17) is 16.3 Å². The van der Waals surface area contributed by atoms with Crippen LogP contribution in [0.3, 0.4) is 0 Å². The number of sulfonamides is 1. The molecule has 1 saturated heterocycles. The van der Waals surface area contributed by atoms with E-state index in [0.29, 0.717) is 13.2 Å². The van der Waals surface area contributed by atoms with E-state index in [1.165, 1.54) is 27.4 Å². The van der Waals surface area contributed by atoms with Gasteiger partial charge in [0.15, 0.2) is 0 Å². The van der Waals surface area contributed by atoms with Crippen LogP contribution in [0.4, 0.5) is 0 Å². The first-order chi connectivity index (χ1) is 11.7. The van der Waals surface area contributed by atoms with Crippen molar-refractivity contribution >= 4 is 33.4 Å². The number of hydrogen-bond acceptors (Lipinski definition) is 5. The normalized spacial score (nSPS) is 15.6. The number of ether oxygens (including phenoxy) is 1. The number of nitrogens with one attached hydrogen (secondary N) is 1. The van der Waals surface area contributed by atoms with Crippen LogP contribution in [-0.4, -0.2) is 76.4 Å².